The Morgan fingerprint density at radius 2 is 2.07 bits per heavy atom. The van der Waals surface area contributed by atoms with E-state index in [0.29, 0.717) is 19.6 Å². The zero-order valence-corrected chi connectivity index (χ0v) is 9.41. The third-order valence-electron chi connectivity index (χ3n) is 1.90. The summed E-state index contributed by atoms with van der Waals surface area (Å²) in [5, 5.41) is 2.57. The topological polar surface area (TPSA) is 81.4 Å². The molecule has 1 unspecified atom stereocenters. The lowest BCUT2D eigenvalue weighted by Crippen LogP contribution is -2.40. The second-order valence-electron chi connectivity index (χ2n) is 3.29. The fraction of sp³-hybridized carbons (Fsp3) is 0.800. The van der Waals surface area contributed by atoms with E-state index >= 15 is 0 Å². The van der Waals surface area contributed by atoms with Crippen LogP contribution in [0.25, 0.3) is 0 Å². The van der Waals surface area contributed by atoms with E-state index in [9.17, 15) is 9.59 Å². The molecule has 3 N–H and O–H groups in total. The maximum absolute atomic E-state index is 11.4. The zero-order valence-electron chi connectivity index (χ0n) is 9.41. The van der Waals surface area contributed by atoms with Crippen LogP contribution < -0.4 is 11.1 Å². The molecular weight excluding hydrogens is 196 g/mol. The highest BCUT2D eigenvalue weighted by Crippen LogP contribution is 2.02. The summed E-state index contributed by atoms with van der Waals surface area (Å²) >= 11 is 0. The Kier molecular flexibility index (Phi) is 7.62. The molecule has 0 fully saturated rings. The van der Waals surface area contributed by atoms with Crippen molar-refractivity contribution in [2.45, 2.75) is 39.2 Å². The molecule has 0 aliphatic carbocycles. The third kappa shape index (κ3) is 6.90. The fourth-order valence-electron chi connectivity index (χ4n) is 1.23. The Balaban J connectivity index is 4.05. The van der Waals surface area contributed by atoms with Gasteiger partial charge in [0, 0.05) is 6.92 Å². The Morgan fingerprint density at radius 3 is 2.53 bits per heavy atom. The highest BCUT2D eigenvalue weighted by molar-refractivity contribution is 5.83. The number of hydrogen-bond acceptors (Lipinski definition) is 4. The van der Waals surface area contributed by atoms with E-state index in [1.165, 1.54) is 6.92 Å². The Labute approximate surface area is 90.4 Å². The van der Waals surface area contributed by atoms with Crippen molar-refractivity contribution < 1.29 is 14.3 Å². The van der Waals surface area contributed by atoms with Gasteiger partial charge in [0.05, 0.1) is 6.61 Å². The minimum atomic E-state index is -0.533. The number of hydrogen-bond donors (Lipinski definition) is 2. The number of nitrogens with two attached hydrogens (primary N) is 1. The lowest BCUT2D eigenvalue weighted by atomic mass is 10.1. The summed E-state index contributed by atoms with van der Waals surface area (Å²) in [6.07, 6.45) is 2.23. The molecule has 1 amide bonds. The lowest BCUT2D eigenvalue weighted by Gasteiger charge is -2.15. The predicted octanol–water partition coefficient (Wildman–Crippen LogP) is 0.183. The molecular formula is C10H20N2O3. The van der Waals surface area contributed by atoms with Crippen molar-refractivity contribution in [3.05, 3.63) is 0 Å². The van der Waals surface area contributed by atoms with Crippen LogP contribution in [-0.4, -0.2) is 31.1 Å². The molecule has 5 nitrogen and oxygen atoms in total. The van der Waals surface area contributed by atoms with Crippen LogP contribution in [0, 0.1) is 0 Å². The summed E-state index contributed by atoms with van der Waals surface area (Å²) in [5.41, 5.74) is 5.35. The molecule has 15 heavy (non-hydrogen) atoms. The summed E-state index contributed by atoms with van der Waals surface area (Å²) in [6, 6.07) is -0.533. The van der Waals surface area contributed by atoms with E-state index in [-0.39, 0.29) is 11.9 Å². The average molecular weight is 216 g/mol. The van der Waals surface area contributed by atoms with Crippen molar-refractivity contribution in [1.82, 2.24) is 5.32 Å². The van der Waals surface area contributed by atoms with Crippen LogP contribution in [0.4, 0.5) is 0 Å². The van der Waals surface area contributed by atoms with Gasteiger partial charge in [-0.05, 0) is 32.7 Å². The minimum Gasteiger partial charge on any atom is -0.464 e. The first-order valence-corrected chi connectivity index (χ1v) is 5.25. The predicted molar refractivity (Wildman–Crippen MR) is 57.1 cm³/mol. The number of ether oxygens (including phenoxy) is 1. The Hall–Kier alpha value is -1.10. The van der Waals surface area contributed by atoms with E-state index in [1.807, 2.05) is 0 Å². The van der Waals surface area contributed by atoms with Gasteiger partial charge >= 0.3 is 5.97 Å². The Morgan fingerprint density at radius 1 is 1.40 bits per heavy atom. The molecule has 0 aliphatic heterocycles. The van der Waals surface area contributed by atoms with Gasteiger partial charge < -0.3 is 15.8 Å². The number of carbonyl (C=O) groups excluding carboxylic acids is 2. The maximum atomic E-state index is 11.4. The standard InChI is InChI=1S/C10H20N2O3/c1-3-15-10(14)9(12-8(2)13)6-4-5-7-11/h9H,3-7,11H2,1-2H3,(H,12,13). The molecule has 0 bridgehead atoms. The van der Waals surface area contributed by atoms with Crippen molar-refractivity contribution in [1.29, 1.82) is 0 Å². The second-order valence-corrected chi connectivity index (χ2v) is 3.29. The number of unbranched alkanes of at least 4 members (excludes halogenated alkanes) is 1. The molecule has 0 spiro atoms. The van der Waals surface area contributed by atoms with Crippen molar-refractivity contribution in [3.63, 3.8) is 0 Å². The molecule has 0 radical (unpaired) electrons. The molecule has 0 rings (SSSR count). The van der Waals surface area contributed by atoms with E-state index in [0.717, 1.165) is 12.8 Å². The molecule has 88 valence electrons. The molecule has 5 heteroatoms. The minimum absolute atomic E-state index is 0.221. The molecule has 0 aromatic carbocycles. The van der Waals surface area contributed by atoms with Crippen molar-refractivity contribution in [2.24, 2.45) is 5.73 Å². The van der Waals surface area contributed by atoms with Crippen LogP contribution in [0.5, 0.6) is 0 Å². The molecule has 0 aliphatic rings. The number of carbonyl (C=O) groups is 2. The first-order chi connectivity index (χ1) is 7.11. The average Bonchev–Trinajstić information content (AvgIpc) is 2.16. The van der Waals surface area contributed by atoms with Crippen LogP contribution >= 0.6 is 0 Å². The van der Waals surface area contributed by atoms with Gasteiger partial charge in [-0.25, -0.2) is 4.79 Å². The SMILES string of the molecule is CCOC(=O)C(CCCCN)NC(C)=O. The number of nitrogens with one attached hydrogen (secondary N) is 1. The second kappa shape index (κ2) is 8.23. The van der Waals surface area contributed by atoms with Crippen molar-refractivity contribution >= 4 is 11.9 Å². The quantitative estimate of drug-likeness (QED) is 0.470. The fourth-order valence-corrected chi connectivity index (χ4v) is 1.23. The zero-order chi connectivity index (χ0) is 11.7. The van der Waals surface area contributed by atoms with Gasteiger partial charge in [-0.15, -0.1) is 0 Å². The molecule has 1 atom stereocenters. The molecule has 0 heterocycles. The van der Waals surface area contributed by atoms with Crippen LogP contribution in [0.2, 0.25) is 0 Å². The summed E-state index contributed by atoms with van der Waals surface area (Å²) in [5.74, 6) is -0.592. The van der Waals surface area contributed by atoms with Gasteiger partial charge in [-0.2, -0.15) is 0 Å². The maximum Gasteiger partial charge on any atom is 0.328 e. The van der Waals surface area contributed by atoms with E-state index in [2.05, 4.69) is 5.32 Å². The number of amides is 1. The summed E-state index contributed by atoms with van der Waals surface area (Å²) in [4.78, 5) is 22.3. The van der Waals surface area contributed by atoms with Crippen LogP contribution in [0.3, 0.4) is 0 Å². The summed E-state index contributed by atoms with van der Waals surface area (Å²) < 4.78 is 4.85. The first kappa shape index (κ1) is 13.9. The largest absolute Gasteiger partial charge is 0.464 e. The molecule has 0 aromatic heterocycles. The van der Waals surface area contributed by atoms with Crippen LogP contribution in [0.15, 0.2) is 0 Å². The Bertz CT molecular complexity index is 207. The highest BCUT2D eigenvalue weighted by Gasteiger charge is 2.19. The summed E-state index contributed by atoms with van der Waals surface area (Å²) in [6.45, 7) is 4.04. The monoisotopic (exact) mass is 216 g/mol. The van der Waals surface area contributed by atoms with E-state index in [4.69, 9.17) is 10.5 Å². The van der Waals surface area contributed by atoms with Gasteiger partial charge in [-0.3, -0.25) is 4.79 Å². The van der Waals surface area contributed by atoms with E-state index in [1.54, 1.807) is 6.92 Å². The van der Waals surface area contributed by atoms with Crippen LogP contribution in [0.1, 0.15) is 33.1 Å². The highest BCUT2D eigenvalue weighted by atomic mass is 16.5. The van der Waals surface area contributed by atoms with Gasteiger partial charge in [0.2, 0.25) is 5.91 Å². The molecule has 0 saturated carbocycles. The van der Waals surface area contributed by atoms with Gasteiger partial charge in [0.1, 0.15) is 6.04 Å². The van der Waals surface area contributed by atoms with Crippen molar-refractivity contribution in [2.75, 3.05) is 13.2 Å². The number of esters is 1. The van der Waals surface area contributed by atoms with Gasteiger partial charge in [0.25, 0.3) is 0 Å². The van der Waals surface area contributed by atoms with Crippen LogP contribution in [-0.2, 0) is 14.3 Å². The smallest absolute Gasteiger partial charge is 0.328 e. The van der Waals surface area contributed by atoms with Gasteiger partial charge in [0.15, 0.2) is 0 Å². The normalized spacial score (nSPS) is 11.9. The number of rotatable bonds is 7. The lowest BCUT2D eigenvalue weighted by molar-refractivity contribution is -0.147. The first-order valence-electron chi connectivity index (χ1n) is 5.25. The summed E-state index contributed by atoms with van der Waals surface area (Å²) in [7, 11) is 0. The molecule has 0 aromatic rings. The van der Waals surface area contributed by atoms with Gasteiger partial charge in [-0.1, -0.05) is 0 Å². The van der Waals surface area contributed by atoms with Crippen molar-refractivity contribution in [3.8, 4) is 0 Å². The third-order valence-corrected chi connectivity index (χ3v) is 1.90. The van der Waals surface area contributed by atoms with E-state index < -0.39 is 6.04 Å². The molecule has 0 saturated heterocycles.